The second kappa shape index (κ2) is 8.66. The number of piperazine rings is 1. The molecule has 6 nitrogen and oxygen atoms in total. The average Bonchev–Trinajstić information content (AvgIpc) is 3.01. The zero-order valence-corrected chi connectivity index (χ0v) is 15.9. The van der Waals surface area contributed by atoms with Crippen LogP contribution in [0.1, 0.15) is 22.6 Å². The van der Waals surface area contributed by atoms with Gasteiger partial charge in [0.1, 0.15) is 18.5 Å². The summed E-state index contributed by atoms with van der Waals surface area (Å²) in [6, 6.07) is 8.07. The summed E-state index contributed by atoms with van der Waals surface area (Å²) in [4.78, 5) is 4.65. The van der Waals surface area contributed by atoms with Gasteiger partial charge in [-0.05, 0) is 31.9 Å². The van der Waals surface area contributed by atoms with Crippen LogP contribution in [0.5, 0.6) is 5.75 Å². The number of para-hydroxylation sites is 1. The minimum atomic E-state index is -0.488. The van der Waals surface area contributed by atoms with Crippen molar-refractivity contribution in [2.75, 3.05) is 39.3 Å². The van der Waals surface area contributed by atoms with E-state index in [0.29, 0.717) is 13.2 Å². The van der Waals surface area contributed by atoms with Crippen LogP contribution in [-0.4, -0.2) is 65.5 Å². The maximum atomic E-state index is 10.3. The minimum Gasteiger partial charge on any atom is -0.490 e. The summed E-state index contributed by atoms with van der Waals surface area (Å²) in [6.45, 7) is 11.6. The van der Waals surface area contributed by atoms with Gasteiger partial charge < -0.3 is 14.4 Å². The molecule has 0 spiro atoms. The van der Waals surface area contributed by atoms with Gasteiger partial charge in [-0.2, -0.15) is 0 Å². The smallest absolute Gasteiger partial charge is 0.150 e. The molecule has 1 unspecified atom stereocenters. The third-order valence-electron chi connectivity index (χ3n) is 4.82. The van der Waals surface area contributed by atoms with Gasteiger partial charge in [-0.25, -0.2) is 0 Å². The molecular weight excluding hydrogens is 330 g/mol. The lowest BCUT2D eigenvalue weighted by Gasteiger charge is -2.35. The van der Waals surface area contributed by atoms with Crippen LogP contribution in [0.25, 0.3) is 0 Å². The van der Waals surface area contributed by atoms with Crippen molar-refractivity contribution in [2.24, 2.45) is 0 Å². The molecule has 1 saturated heterocycles. The molecule has 1 aromatic carbocycles. The first-order valence-electron chi connectivity index (χ1n) is 9.25. The fourth-order valence-electron chi connectivity index (χ4n) is 3.40. The van der Waals surface area contributed by atoms with E-state index in [1.807, 2.05) is 45.0 Å². The van der Waals surface area contributed by atoms with Gasteiger partial charge in [0.15, 0.2) is 5.76 Å². The normalized spacial score (nSPS) is 17.4. The first-order valence-corrected chi connectivity index (χ1v) is 9.25. The Hall–Kier alpha value is -1.89. The zero-order valence-electron chi connectivity index (χ0n) is 15.9. The number of benzene rings is 1. The van der Waals surface area contributed by atoms with E-state index in [1.54, 1.807) is 0 Å². The van der Waals surface area contributed by atoms with E-state index in [0.717, 1.165) is 61.1 Å². The quantitative estimate of drug-likeness (QED) is 0.817. The molecule has 142 valence electrons. The van der Waals surface area contributed by atoms with Crippen molar-refractivity contribution in [3.8, 4) is 5.75 Å². The first kappa shape index (κ1) is 18.9. The van der Waals surface area contributed by atoms with Crippen LogP contribution in [0.3, 0.4) is 0 Å². The third-order valence-corrected chi connectivity index (χ3v) is 4.82. The number of aryl methyl sites for hydroxylation is 3. The van der Waals surface area contributed by atoms with E-state index in [-0.39, 0.29) is 0 Å². The number of aliphatic hydroxyl groups excluding tert-OH is 1. The predicted molar refractivity (Wildman–Crippen MR) is 100 cm³/mol. The molecule has 2 aromatic rings. The van der Waals surface area contributed by atoms with Gasteiger partial charge in [0.05, 0.1) is 12.2 Å². The summed E-state index contributed by atoms with van der Waals surface area (Å²) >= 11 is 0. The fourth-order valence-corrected chi connectivity index (χ4v) is 3.40. The molecule has 6 heteroatoms. The standard InChI is InChI=1S/C20H29N3O3/c1-15-5-4-6-16(2)20(15)25-14-18(24)12-22-7-9-23(10-8-22)13-19-11-17(3)21-26-19/h4-6,11,18,24H,7-10,12-14H2,1-3H3. The Kier molecular flexibility index (Phi) is 6.29. The number of nitrogens with zero attached hydrogens (tertiary/aromatic N) is 3. The summed E-state index contributed by atoms with van der Waals surface area (Å²) in [7, 11) is 0. The molecular formula is C20H29N3O3. The molecule has 1 aliphatic rings. The highest BCUT2D eigenvalue weighted by Crippen LogP contribution is 2.22. The van der Waals surface area contributed by atoms with Crippen LogP contribution in [0.4, 0.5) is 0 Å². The van der Waals surface area contributed by atoms with E-state index < -0.39 is 6.10 Å². The topological polar surface area (TPSA) is 62.0 Å². The fraction of sp³-hybridized carbons (Fsp3) is 0.550. The predicted octanol–water partition coefficient (Wildman–Crippen LogP) is 2.16. The summed E-state index contributed by atoms with van der Waals surface area (Å²) < 4.78 is 11.2. The maximum Gasteiger partial charge on any atom is 0.150 e. The highest BCUT2D eigenvalue weighted by Gasteiger charge is 2.20. The highest BCUT2D eigenvalue weighted by atomic mass is 16.5. The minimum absolute atomic E-state index is 0.323. The molecule has 1 aliphatic heterocycles. The third kappa shape index (κ3) is 5.06. The second-order valence-electron chi connectivity index (χ2n) is 7.20. The van der Waals surface area contributed by atoms with Gasteiger partial charge in [-0.1, -0.05) is 23.4 Å². The average molecular weight is 359 g/mol. The number of ether oxygens (including phenoxy) is 1. The van der Waals surface area contributed by atoms with Gasteiger partial charge in [0.2, 0.25) is 0 Å². The van der Waals surface area contributed by atoms with Crippen LogP contribution in [-0.2, 0) is 6.54 Å². The lowest BCUT2D eigenvalue weighted by Crippen LogP contribution is -2.48. The summed E-state index contributed by atoms with van der Waals surface area (Å²) in [5, 5.41) is 14.3. The van der Waals surface area contributed by atoms with Crippen molar-refractivity contribution < 1.29 is 14.4 Å². The van der Waals surface area contributed by atoms with Crippen molar-refractivity contribution in [3.05, 3.63) is 46.8 Å². The number of rotatable bonds is 7. The summed E-state index contributed by atoms with van der Waals surface area (Å²) in [6.07, 6.45) is -0.488. The van der Waals surface area contributed by atoms with E-state index in [9.17, 15) is 5.11 Å². The molecule has 3 rings (SSSR count). The van der Waals surface area contributed by atoms with Crippen molar-refractivity contribution >= 4 is 0 Å². The zero-order chi connectivity index (χ0) is 18.5. The SMILES string of the molecule is Cc1cc(CN2CCN(CC(O)COc3c(C)cccc3C)CC2)on1. The van der Waals surface area contributed by atoms with Crippen LogP contribution < -0.4 is 4.74 Å². The van der Waals surface area contributed by atoms with Crippen molar-refractivity contribution in [1.82, 2.24) is 15.0 Å². The monoisotopic (exact) mass is 359 g/mol. The number of aromatic nitrogens is 1. The van der Waals surface area contributed by atoms with Gasteiger partial charge in [-0.3, -0.25) is 9.80 Å². The highest BCUT2D eigenvalue weighted by molar-refractivity contribution is 5.39. The van der Waals surface area contributed by atoms with Crippen molar-refractivity contribution in [1.29, 1.82) is 0 Å². The van der Waals surface area contributed by atoms with Gasteiger partial charge in [-0.15, -0.1) is 0 Å². The van der Waals surface area contributed by atoms with Crippen LogP contribution >= 0.6 is 0 Å². The van der Waals surface area contributed by atoms with Gasteiger partial charge in [0, 0.05) is 38.8 Å². The Morgan fingerprint density at radius 3 is 2.38 bits per heavy atom. The number of hydrogen-bond acceptors (Lipinski definition) is 6. The molecule has 0 radical (unpaired) electrons. The van der Waals surface area contributed by atoms with Crippen LogP contribution in [0.15, 0.2) is 28.8 Å². The van der Waals surface area contributed by atoms with Gasteiger partial charge in [0.25, 0.3) is 0 Å². The van der Waals surface area contributed by atoms with E-state index in [4.69, 9.17) is 9.26 Å². The van der Waals surface area contributed by atoms with Crippen molar-refractivity contribution in [3.63, 3.8) is 0 Å². The lowest BCUT2D eigenvalue weighted by molar-refractivity contribution is 0.0427. The Bertz CT molecular complexity index is 688. The number of β-amino-alcohol motifs (C(OH)–C–C–N with tert-alkyl or cyclic N) is 1. The van der Waals surface area contributed by atoms with E-state index in [2.05, 4.69) is 15.0 Å². The molecule has 26 heavy (non-hydrogen) atoms. The molecule has 0 saturated carbocycles. The molecule has 0 amide bonds. The number of hydrogen-bond donors (Lipinski definition) is 1. The summed E-state index contributed by atoms with van der Waals surface area (Å²) in [5.74, 6) is 1.80. The Morgan fingerprint density at radius 2 is 1.77 bits per heavy atom. The van der Waals surface area contributed by atoms with E-state index >= 15 is 0 Å². The molecule has 0 bridgehead atoms. The Labute approximate surface area is 155 Å². The Balaban J connectivity index is 1.40. The maximum absolute atomic E-state index is 10.3. The largest absolute Gasteiger partial charge is 0.490 e. The summed E-state index contributed by atoms with van der Waals surface area (Å²) in [5.41, 5.74) is 3.13. The molecule has 1 N–H and O–H groups in total. The molecule has 2 heterocycles. The molecule has 1 aromatic heterocycles. The first-order chi connectivity index (χ1) is 12.5. The molecule has 1 atom stereocenters. The van der Waals surface area contributed by atoms with Crippen molar-refractivity contribution in [2.45, 2.75) is 33.4 Å². The molecule has 0 aliphatic carbocycles. The van der Waals surface area contributed by atoms with Gasteiger partial charge >= 0.3 is 0 Å². The van der Waals surface area contributed by atoms with Crippen LogP contribution in [0, 0.1) is 20.8 Å². The molecule has 1 fully saturated rings. The Morgan fingerprint density at radius 1 is 1.12 bits per heavy atom. The lowest BCUT2D eigenvalue weighted by atomic mass is 10.1. The van der Waals surface area contributed by atoms with E-state index in [1.165, 1.54) is 0 Å². The second-order valence-corrected chi connectivity index (χ2v) is 7.20. The number of aliphatic hydroxyl groups is 1. The van der Waals surface area contributed by atoms with Crippen LogP contribution in [0.2, 0.25) is 0 Å².